The lowest BCUT2D eigenvalue weighted by atomic mass is 9.94. The number of halogens is 1. The highest BCUT2D eigenvalue weighted by Gasteiger charge is 2.35. The molecule has 0 radical (unpaired) electrons. The average Bonchev–Trinajstić information content (AvgIpc) is 2.96. The fourth-order valence-electron chi connectivity index (χ4n) is 2.73. The number of rotatable bonds is 4. The van der Waals surface area contributed by atoms with Gasteiger partial charge in [0.05, 0.1) is 12.2 Å². The number of aryl methyl sites for hydroxylation is 1. The molecule has 0 fully saturated rings. The molecule has 1 aromatic carbocycles. The number of hydrogen-bond donors (Lipinski definition) is 2. The van der Waals surface area contributed by atoms with Crippen LogP contribution in [0.15, 0.2) is 22.9 Å². The normalized spacial score (nSPS) is 16.4. The number of hydrogen-bond acceptors (Lipinski definition) is 5. The lowest BCUT2D eigenvalue weighted by Gasteiger charge is -2.32. The van der Waals surface area contributed by atoms with E-state index in [-0.39, 0.29) is 25.3 Å². The summed E-state index contributed by atoms with van der Waals surface area (Å²) < 4.78 is 24.8. The molecular weight excluding hydrogens is 335 g/mol. The van der Waals surface area contributed by atoms with Crippen LogP contribution in [0.4, 0.5) is 9.18 Å². The molecule has 0 spiro atoms. The van der Waals surface area contributed by atoms with Gasteiger partial charge < -0.3 is 19.4 Å². The van der Waals surface area contributed by atoms with Gasteiger partial charge in [-0.1, -0.05) is 0 Å². The van der Waals surface area contributed by atoms with Gasteiger partial charge in [-0.15, -0.1) is 0 Å². The second-order valence-electron chi connectivity index (χ2n) is 5.67. The summed E-state index contributed by atoms with van der Waals surface area (Å²) in [6.07, 6.45) is -0.189. The molecule has 2 heterocycles. The van der Waals surface area contributed by atoms with E-state index < -0.39 is 23.9 Å². The van der Waals surface area contributed by atoms with Crippen LogP contribution in [-0.2, 0) is 24.4 Å². The summed E-state index contributed by atoms with van der Waals surface area (Å²) in [5, 5.41) is 18.4. The van der Waals surface area contributed by atoms with Crippen molar-refractivity contribution >= 4 is 12.1 Å². The number of aliphatic carboxylic acids is 1. The third-order valence-corrected chi connectivity index (χ3v) is 4.12. The summed E-state index contributed by atoms with van der Waals surface area (Å²) >= 11 is 0. The van der Waals surface area contributed by atoms with Gasteiger partial charge in [0, 0.05) is 6.42 Å². The Bertz CT molecular complexity index is 834. The van der Waals surface area contributed by atoms with Gasteiger partial charge in [-0.05, 0) is 30.2 Å². The van der Waals surface area contributed by atoms with Gasteiger partial charge in [-0.25, -0.2) is 19.0 Å². The van der Waals surface area contributed by atoms with Crippen LogP contribution < -0.4 is 4.74 Å². The van der Waals surface area contributed by atoms with Gasteiger partial charge in [0.15, 0.2) is 23.7 Å². The van der Waals surface area contributed by atoms with E-state index >= 15 is 0 Å². The highest BCUT2D eigenvalue weighted by atomic mass is 19.1. The number of ether oxygens (including phenoxy) is 1. The molecule has 0 saturated carbocycles. The summed E-state index contributed by atoms with van der Waals surface area (Å²) in [5.74, 6) is -1.53. The summed E-state index contributed by atoms with van der Waals surface area (Å²) in [7, 11) is 0. The first kappa shape index (κ1) is 16.7. The minimum absolute atomic E-state index is 0.0259. The maximum absolute atomic E-state index is 14.2. The number of nitrogens with zero attached hydrogens (tertiary/aromatic N) is 2. The maximum atomic E-state index is 14.2. The molecule has 0 unspecified atom stereocenters. The van der Waals surface area contributed by atoms with Crippen molar-refractivity contribution in [2.75, 3.05) is 0 Å². The smallest absolute Gasteiger partial charge is 0.408 e. The number of oxazole rings is 1. The van der Waals surface area contributed by atoms with Crippen molar-refractivity contribution in [3.05, 3.63) is 46.9 Å². The Hall–Kier alpha value is -3.10. The molecule has 25 heavy (non-hydrogen) atoms. The summed E-state index contributed by atoms with van der Waals surface area (Å²) in [6, 6.07) is 1.34. The summed E-state index contributed by atoms with van der Waals surface area (Å²) in [5.41, 5.74) is 1.58. The number of amides is 1. The van der Waals surface area contributed by atoms with Crippen LogP contribution in [0.25, 0.3) is 0 Å². The standard InChI is InChI=1S/C16H15FN2O6/c1-8-14(25-7-18-8)6-24-13-4-10-5-19(16(22)23)12(15(20)21)3-9(10)2-11(13)17/h2,4,7,12H,3,5-6H2,1H3,(H,20,21)(H,22,23)/t12-/m0/s1. The van der Waals surface area contributed by atoms with Crippen molar-refractivity contribution in [1.82, 2.24) is 9.88 Å². The van der Waals surface area contributed by atoms with Crippen LogP contribution in [-0.4, -0.2) is 38.2 Å². The Morgan fingerprint density at radius 2 is 2.16 bits per heavy atom. The average molecular weight is 350 g/mol. The molecule has 1 aromatic heterocycles. The van der Waals surface area contributed by atoms with Gasteiger partial charge in [-0.2, -0.15) is 0 Å². The van der Waals surface area contributed by atoms with E-state index in [1.54, 1.807) is 6.92 Å². The number of aromatic nitrogens is 1. The first-order valence-electron chi connectivity index (χ1n) is 7.42. The third kappa shape index (κ3) is 3.25. The zero-order chi connectivity index (χ0) is 18.1. The number of fused-ring (bicyclic) bond motifs is 1. The van der Waals surface area contributed by atoms with E-state index in [4.69, 9.17) is 9.15 Å². The Balaban J connectivity index is 1.85. The van der Waals surface area contributed by atoms with Crippen molar-refractivity contribution in [1.29, 1.82) is 0 Å². The van der Waals surface area contributed by atoms with Gasteiger partial charge in [-0.3, -0.25) is 4.90 Å². The monoisotopic (exact) mass is 350 g/mol. The quantitative estimate of drug-likeness (QED) is 0.869. The number of benzene rings is 1. The van der Waals surface area contributed by atoms with E-state index in [9.17, 15) is 24.2 Å². The largest absolute Gasteiger partial charge is 0.482 e. The van der Waals surface area contributed by atoms with Crippen LogP contribution >= 0.6 is 0 Å². The Morgan fingerprint density at radius 1 is 1.40 bits per heavy atom. The molecular formula is C16H15FN2O6. The molecule has 1 aliphatic rings. The van der Waals surface area contributed by atoms with E-state index in [0.29, 0.717) is 22.6 Å². The predicted molar refractivity (Wildman–Crippen MR) is 80.7 cm³/mol. The molecule has 0 aliphatic carbocycles. The van der Waals surface area contributed by atoms with Crippen molar-refractivity contribution in [2.24, 2.45) is 0 Å². The van der Waals surface area contributed by atoms with Gasteiger partial charge in [0.25, 0.3) is 0 Å². The molecule has 0 saturated heterocycles. The topological polar surface area (TPSA) is 113 Å². The Morgan fingerprint density at radius 3 is 2.76 bits per heavy atom. The van der Waals surface area contributed by atoms with Crippen LogP contribution in [0.2, 0.25) is 0 Å². The van der Waals surface area contributed by atoms with Crippen LogP contribution in [0.1, 0.15) is 22.6 Å². The molecule has 3 rings (SSSR count). The fraction of sp³-hybridized carbons (Fsp3) is 0.312. The predicted octanol–water partition coefficient (Wildman–Crippen LogP) is 2.19. The van der Waals surface area contributed by atoms with E-state index in [1.165, 1.54) is 18.5 Å². The van der Waals surface area contributed by atoms with Gasteiger partial charge in [0.1, 0.15) is 12.6 Å². The molecule has 2 aromatic rings. The van der Waals surface area contributed by atoms with E-state index in [0.717, 1.165) is 4.90 Å². The Kier molecular flexibility index (Phi) is 4.30. The van der Waals surface area contributed by atoms with E-state index in [1.807, 2.05) is 0 Å². The highest BCUT2D eigenvalue weighted by Crippen LogP contribution is 2.30. The number of carbonyl (C=O) groups is 2. The summed E-state index contributed by atoms with van der Waals surface area (Å²) in [4.78, 5) is 27.3. The van der Waals surface area contributed by atoms with Crippen LogP contribution in [0.3, 0.4) is 0 Å². The molecule has 2 N–H and O–H groups in total. The summed E-state index contributed by atoms with van der Waals surface area (Å²) in [6.45, 7) is 1.55. The number of carboxylic acids is 1. The molecule has 1 atom stereocenters. The van der Waals surface area contributed by atoms with Gasteiger partial charge >= 0.3 is 12.1 Å². The van der Waals surface area contributed by atoms with E-state index in [2.05, 4.69) is 4.98 Å². The van der Waals surface area contributed by atoms with Crippen molar-refractivity contribution in [3.8, 4) is 5.75 Å². The first-order chi connectivity index (χ1) is 11.9. The second-order valence-corrected chi connectivity index (χ2v) is 5.67. The third-order valence-electron chi connectivity index (χ3n) is 4.12. The molecule has 0 bridgehead atoms. The van der Waals surface area contributed by atoms with Crippen LogP contribution in [0.5, 0.6) is 5.75 Å². The van der Waals surface area contributed by atoms with Gasteiger partial charge in [0.2, 0.25) is 0 Å². The maximum Gasteiger partial charge on any atom is 0.408 e. The van der Waals surface area contributed by atoms with Crippen molar-refractivity contribution in [3.63, 3.8) is 0 Å². The highest BCUT2D eigenvalue weighted by molar-refractivity contribution is 5.80. The lowest BCUT2D eigenvalue weighted by Crippen LogP contribution is -2.48. The SMILES string of the molecule is Cc1ncoc1COc1cc2c(cc1F)C[C@@H](C(=O)O)N(C(=O)O)C2. The minimum Gasteiger partial charge on any atom is -0.482 e. The zero-order valence-electron chi connectivity index (χ0n) is 13.2. The second kappa shape index (κ2) is 6.42. The van der Waals surface area contributed by atoms with Crippen LogP contribution in [0, 0.1) is 12.7 Å². The Labute approximate surface area is 141 Å². The number of carboxylic acid groups (broad SMARTS) is 2. The molecule has 1 aliphatic heterocycles. The fourth-order valence-corrected chi connectivity index (χ4v) is 2.73. The van der Waals surface area contributed by atoms with Crippen molar-refractivity contribution < 1.29 is 33.3 Å². The minimum atomic E-state index is -1.35. The first-order valence-corrected chi connectivity index (χ1v) is 7.42. The molecule has 1 amide bonds. The molecule has 9 heteroatoms. The zero-order valence-corrected chi connectivity index (χ0v) is 13.2. The lowest BCUT2D eigenvalue weighted by molar-refractivity contribution is -0.143. The molecule has 8 nitrogen and oxygen atoms in total. The molecule has 132 valence electrons. The van der Waals surface area contributed by atoms with Crippen molar-refractivity contribution in [2.45, 2.75) is 32.5 Å².